The number of fused-ring (bicyclic) bond motifs is 1. The maximum Gasteiger partial charge on any atom is 0.282 e. The molecule has 0 aliphatic carbocycles. The molecule has 0 N–H and O–H groups in total. The molecule has 2 aromatic heterocycles. The summed E-state index contributed by atoms with van der Waals surface area (Å²) >= 11 is 1.39. The number of thiazole rings is 1. The van der Waals surface area contributed by atoms with E-state index < -0.39 is 17.7 Å². The molecule has 0 unspecified atom stereocenters. The Morgan fingerprint density at radius 1 is 1.25 bits per heavy atom. The molecule has 9 heteroatoms. The van der Waals surface area contributed by atoms with E-state index >= 15 is 0 Å². The highest BCUT2D eigenvalue weighted by atomic mass is 32.1. The van der Waals surface area contributed by atoms with Crippen LogP contribution in [0.3, 0.4) is 0 Å². The first-order valence-electron chi connectivity index (χ1n) is 9.00. The summed E-state index contributed by atoms with van der Waals surface area (Å²) in [6.45, 7) is 1.58. The van der Waals surface area contributed by atoms with Crippen LogP contribution in [0.4, 0.5) is 8.78 Å². The third-order valence-electron chi connectivity index (χ3n) is 4.96. The number of carbonyl (C=O) groups excluding carboxylic acids is 1. The Labute approximate surface area is 163 Å². The molecule has 0 atom stereocenters. The first kappa shape index (κ1) is 18.7. The standard InChI is InChI=1S/C19H18F2N4O2S/c20-17(21)14-9-16(26)25(11-22-14)10-12-5-7-24(8-6-12)19(27)18-23-13-3-1-2-4-15(13)28-18/h1-4,9,11-12,17H,5-8,10H2. The van der Waals surface area contributed by atoms with E-state index in [4.69, 9.17) is 0 Å². The summed E-state index contributed by atoms with van der Waals surface area (Å²) in [6, 6.07) is 8.54. The van der Waals surface area contributed by atoms with Crippen molar-refractivity contribution in [1.29, 1.82) is 0 Å². The van der Waals surface area contributed by atoms with E-state index in [1.54, 1.807) is 4.90 Å². The average molecular weight is 404 g/mol. The van der Waals surface area contributed by atoms with Gasteiger partial charge in [0.25, 0.3) is 17.9 Å². The van der Waals surface area contributed by atoms with E-state index in [2.05, 4.69) is 9.97 Å². The molecular formula is C19H18F2N4O2S. The lowest BCUT2D eigenvalue weighted by atomic mass is 9.96. The molecule has 0 spiro atoms. The van der Waals surface area contributed by atoms with Crippen LogP contribution in [0.25, 0.3) is 10.2 Å². The summed E-state index contributed by atoms with van der Waals surface area (Å²) in [5.41, 5.74) is -0.152. The van der Waals surface area contributed by atoms with Gasteiger partial charge in [0.1, 0.15) is 5.69 Å². The smallest absolute Gasteiger partial charge is 0.282 e. The lowest BCUT2D eigenvalue weighted by Gasteiger charge is -2.31. The third-order valence-corrected chi connectivity index (χ3v) is 5.98. The monoisotopic (exact) mass is 404 g/mol. The van der Waals surface area contributed by atoms with E-state index in [9.17, 15) is 18.4 Å². The molecule has 0 saturated carbocycles. The molecule has 1 saturated heterocycles. The van der Waals surface area contributed by atoms with E-state index in [0.717, 1.165) is 29.1 Å². The van der Waals surface area contributed by atoms with Crippen molar-refractivity contribution in [2.24, 2.45) is 5.92 Å². The van der Waals surface area contributed by atoms with Gasteiger partial charge in [-0.15, -0.1) is 11.3 Å². The maximum atomic E-state index is 12.7. The molecule has 3 heterocycles. The van der Waals surface area contributed by atoms with Crippen LogP contribution in [-0.4, -0.2) is 38.4 Å². The van der Waals surface area contributed by atoms with Gasteiger partial charge < -0.3 is 4.90 Å². The number of para-hydroxylation sites is 1. The summed E-state index contributed by atoms with van der Waals surface area (Å²) < 4.78 is 27.6. The Kier molecular flexibility index (Phi) is 5.17. The molecular weight excluding hydrogens is 386 g/mol. The molecule has 1 amide bonds. The number of benzene rings is 1. The summed E-state index contributed by atoms with van der Waals surface area (Å²) in [6.07, 6.45) is -0.0962. The zero-order valence-corrected chi connectivity index (χ0v) is 15.7. The molecule has 1 aliphatic heterocycles. The number of carbonyl (C=O) groups is 1. The first-order chi connectivity index (χ1) is 13.5. The Morgan fingerprint density at radius 3 is 2.68 bits per heavy atom. The molecule has 3 aromatic rings. The SMILES string of the molecule is O=C(c1nc2ccccc2s1)N1CCC(Cn2cnc(C(F)F)cc2=O)CC1. The molecule has 0 bridgehead atoms. The van der Waals surface area contributed by atoms with Crippen LogP contribution < -0.4 is 5.56 Å². The lowest BCUT2D eigenvalue weighted by Crippen LogP contribution is -2.40. The molecule has 4 rings (SSSR count). The van der Waals surface area contributed by atoms with Gasteiger partial charge in [0.15, 0.2) is 5.01 Å². The van der Waals surface area contributed by atoms with Crippen molar-refractivity contribution in [3.63, 3.8) is 0 Å². The molecule has 1 aromatic carbocycles. The molecule has 6 nitrogen and oxygen atoms in total. The number of likely N-dealkylation sites (tertiary alicyclic amines) is 1. The fraction of sp³-hybridized carbons (Fsp3) is 0.368. The quantitative estimate of drug-likeness (QED) is 0.669. The zero-order valence-electron chi connectivity index (χ0n) is 14.9. The molecule has 1 aliphatic rings. The molecule has 1 fully saturated rings. The predicted octanol–water partition coefficient (Wildman–Crippen LogP) is 3.34. The second-order valence-corrected chi connectivity index (χ2v) is 7.86. The van der Waals surface area contributed by atoms with Crippen LogP contribution in [-0.2, 0) is 6.54 Å². The van der Waals surface area contributed by atoms with Crippen molar-refractivity contribution >= 4 is 27.5 Å². The number of halogens is 2. The topological polar surface area (TPSA) is 68.1 Å². The highest BCUT2D eigenvalue weighted by Crippen LogP contribution is 2.25. The van der Waals surface area contributed by atoms with Crippen LogP contribution in [0.5, 0.6) is 0 Å². The fourth-order valence-corrected chi connectivity index (χ4v) is 4.33. The number of aromatic nitrogens is 3. The summed E-state index contributed by atoms with van der Waals surface area (Å²) in [5.74, 6) is 0.121. The van der Waals surface area contributed by atoms with Gasteiger partial charge in [-0.3, -0.25) is 14.2 Å². The highest BCUT2D eigenvalue weighted by Gasteiger charge is 2.26. The second kappa shape index (κ2) is 7.75. The second-order valence-electron chi connectivity index (χ2n) is 6.83. The predicted molar refractivity (Wildman–Crippen MR) is 102 cm³/mol. The minimum Gasteiger partial charge on any atom is -0.337 e. The van der Waals surface area contributed by atoms with Gasteiger partial charge in [-0.2, -0.15) is 0 Å². The summed E-state index contributed by atoms with van der Waals surface area (Å²) in [4.78, 5) is 34.6. The van der Waals surface area contributed by atoms with Crippen molar-refractivity contribution < 1.29 is 13.6 Å². The van der Waals surface area contributed by atoms with Gasteiger partial charge in [0.05, 0.1) is 16.5 Å². The average Bonchev–Trinajstić information content (AvgIpc) is 3.13. The van der Waals surface area contributed by atoms with Crippen LogP contribution in [0.2, 0.25) is 0 Å². The zero-order chi connectivity index (χ0) is 19.7. The fourth-order valence-electron chi connectivity index (χ4n) is 3.39. The highest BCUT2D eigenvalue weighted by molar-refractivity contribution is 7.20. The number of rotatable bonds is 4. The minimum atomic E-state index is -2.75. The Morgan fingerprint density at radius 2 is 2.00 bits per heavy atom. The van der Waals surface area contributed by atoms with Gasteiger partial charge in [0.2, 0.25) is 0 Å². The summed E-state index contributed by atoms with van der Waals surface area (Å²) in [7, 11) is 0. The van der Waals surface area contributed by atoms with Crippen molar-refractivity contribution in [2.75, 3.05) is 13.1 Å². The first-order valence-corrected chi connectivity index (χ1v) is 9.82. The van der Waals surface area contributed by atoms with E-state index in [1.165, 1.54) is 22.2 Å². The number of alkyl halides is 2. The third kappa shape index (κ3) is 3.80. The maximum absolute atomic E-state index is 12.7. The van der Waals surface area contributed by atoms with Gasteiger partial charge in [-0.05, 0) is 30.9 Å². The van der Waals surface area contributed by atoms with Gasteiger partial charge in [-0.25, -0.2) is 18.7 Å². The largest absolute Gasteiger partial charge is 0.337 e. The minimum absolute atomic E-state index is 0.0697. The van der Waals surface area contributed by atoms with Crippen molar-refractivity contribution in [3.05, 3.63) is 57.7 Å². The number of nitrogens with zero attached hydrogens (tertiary/aromatic N) is 4. The Hall–Kier alpha value is -2.68. The van der Waals surface area contributed by atoms with Crippen LogP contribution in [0, 0.1) is 5.92 Å². The number of piperidine rings is 1. The van der Waals surface area contributed by atoms with Gasteiger partial charge in [-0.1, -0.05) is 12.1 Å². The van der Waals surface area contributed by atoms with Crippen molar-refractivity contribution in [3.8, 4) is 0 Å². The van der Waals surface area contributed by atoms with Crippen molar-refractivity contribution in [2.45, 2.75) is 25.8 Å². The summed E-state index contributed by atoms with van der Waals surface area (Å²) in [5, 5.41) is 0.489. The van der Waals surface area contributed by atoms with Gasteiger partial charge in [0, 0.05) is 25.7 Å². The number of amides is 1. The van der Waals surface area contributed by atoms with Crippen LogP contribution >= 0.6 is 11.3 Å². The Balaban J connectivity index is 1.38. The molecule has 28 heavy (non-hydrogen) atoms. The van der Waals surface area contributed by atoms with Gasteiger partial charge >= 0.3 is 0 Å². The Bertz CT molecular complexity index is 1020. The number of hydrogen-bond acceptors (Lipinski definition) is 5. The van der Waals surface area contributed by atoms with Crippen LogP contribution in [0.1, 0.15) is 34.8 Å². The lowest BCUT2D eigenvalue weighted by molar-refractivity contribution is 0.0682. The molecule has 0 radical (unpaired) electrons. The number of hydrogen-bond donors (Lipinski definition) is 0. The van der Waals surface area contributed by atoms with E-state index in [0.29, 0.717) is 24.6 Å². The van der Waals surface area contributed by atoms with Crippen molar-refractivity contribution in [1.82, 2.24) is 19.4 Å². The van der Waals surface area contributed by atoms with E-state index in [1.807, 2.05) is 24.3 Å². The van der Waals surface area contributed by atoms with E-state index in [-0.39, 0.29) is 11.8 Å². The normalized spacial score (nSPS) is 15.5. The van der Waals surface area contributed by atoms with Crippen LogP contribution in [0.15, 0.2) is 41.5 Å². The molecule has 146 valence electrons.